The molecule has 9 nitrogen and oxygen atoms in total. The third-order valence-corrected chi connectivity index (χ3v) is 8.78. The Hall–Kier alpha value is -3.73. The fourth-order valence-electron chi connectivity index (χ4n) is 5.98. The van der Waals surface area contributed by atoms with Crippen molar-refractivity contribution in [2.45, 2.75) is 36.5 Å². The Morgan fingerprint density at radius 1 is 1.08 bits per heavy atom. The number of nitrogens with zero attached hydrogens (tertiary/aromatic N) is 6. The van der Waals surface area contributed by atoms with Crippen molar-refractivity contribution in [1.29, 1.82) is 0 Å². The van der Waals surface area contributed by atoms with Crippen molar-refractivity contribution in [3.63, 3.8) is 0 Å². The number of fused-ring (bicyclic) bond motifs is 6. The van der Waals surface area contributed by atoms with Crippen LogP contribution in [0.1, 0.15) is 30.5 Å². The van der Waals surface area contributed by atoms with E-state index in [0.29, 0.717) is 47.3 Å². The average Bonchev–Trinajstić information content (AvgIpc) is 3.50. The summed E-state index contributed by atoms with van der Waals surface area (Å²) in [5, 5.41) is 5.24. The maximum Gasteiger partial charge on any atom is 0.265 e. The third-order valence-electron chi connectivity index (χ3n) is 7.68. The SMILES string of the molecule is O=C(CC1CSc2nc3c(cnn3-c3ccc(F)cc3)c(=O)n21)N1CC2CC(C1)c1cccc(=O)n1C2. The summed E-state index contributed by atoms with van der Waals surface area (Å²) in [7, 11) is 0. The number of rotatable bonds is 3. The normalized spacial score (nSPS) is 22.2. The zero-order chi connectivity index (χ0) is 25.3. The number of carbonyl (C=O) groups excluding carboxylic acids is 1. The fourth-order valence-corrected chi connectivity index (χ4v) is 7.11. The van der Waals surface area contributed by atoms with E-state index in [1.807, 2.05) is 15.5 Å². The van der Waals surface area contributed by atoms with Gasteiger partial charge < -0.3 is 9.47 Å². The highest BCUT2D eigenvalue weighted by Gasteiger charge is 2.38. The highest BCUT2D eigenvalue weighted by molar-refractivity contribution is 7.99. The molecule has 1 fully saturated rings. The van der Waals surface area contributed by atoms with E-state index in [-0.39, 0.29) is 47.1 Å². The van der Waals surface area contributed by atoms with Gasteiger partial charge in [0.2, 0.25) is 5.91 Å². The molecule has 0 N–H and O–H groups in total. The van der Waals surface area contributed by atoms with Gasteiger partial charge >= 0.3 is 0 Å². The first-order valence-electron chi connectivity index (χ1n) is 12.3. The molecule has 37 heavy (non-hydrogen) atoms. The van der Waals surface area contributed by atoms with Crippen LogP contribution in [0.5, 0.6) is 0 Å². The number of hydrogen-bond acceptors (Lipinski definition) is 6. The minimum Gasteiger partial charge on any atom is -0.342 e. The van der Waals surface area contributed by atoms with Gasteiger partial charge in [0, 0.05) is 49.5 Å². The molecule has 7 rings (SSSR count). The fraction of sp³-hybridized carbons (Fsp3) is 0.346. The number of benzene rings is 1. The van der Waals surface area contributed by atoms with E-state index in [0.717, 1.165) is 12.1 Å². The Kier molecular flexibility index (Phi) is 5.10. The highest BCUT2D eigenvalue weighted by Crippen LogP contribution is 2.37. The average molecular weight is 519 g/mol. The molecule has 188 valence electrons. The van der Waals surface area contributed by atoms with Gasteiger partial charge in [-0.3, -0.25) is 19.0 Å². The van der Waals surface area contributed by atoms with E-state index in [1.165, 1.54) is 34.8 Å². The Morgan fingerprint density at radius 2 is 1.92 bits per heavy atom. The quantitative estimate of drug-likeness (QED) is 0.387. The molecule has 1 saturated heterocycles. The zero-order valence-electron chi connectivity index (χ0n) is 19.8. The predicted octanol–water partition coefficient (Wildman–Crippen LogP) is 2.57. The number of halogens is 1. The van der Waals surface area contributed by atoms with Crippen molar-refractivity contribution in [2.24, 2.45) is 5.92 Å². The lowest BCUT2D eigenvalue weighted by atomic mass is 9.83. The van der Waals surface area contributed by atoms with Gasteiger partial charge in [0.15, 0.2) is 10.8 Å². The van der Waals surface area contributed by atoms with E-state index < -0.39 is 0 Å². The second kappa shape index (κ2) is 8.41. The van der Waals surface area contributed by atoms with E-state index >= 15 is 0 Å². The van der Waals surface area contributed by atoms with Crippen molar-refractivity contribution in [3.05, 3.63) is 80.9 Å². The zero-order valence-corrected chi connectivity index (χ0v) is 20.6. The molecule has 3 unspecified atom stereocenters. The first kappa shape index (κ1) is 22.5. The number of aromatic nitrogens is 5. The maximum atomic E-state index is 13.5. The van der Waals surface area contributed by atoms with E-state index in [9.17, 15) is 18.8 Å². The number of piperidine rings is 1. The molecule has 6 heterocycles. The molecular formula is C26H23FN6O3S. The van der Waals surface area contributed by atoms with Crippen LogP contribution in [0.2, 0.25) is 0 Å². The lowest BCUT2D eigenvalue weighted by molar-refractivity contribution is -0.134. The lowest BCUT2D eigenvalue weighted by Gasteiger charge is -2.43. The van der Waals surface area contributed by atoms with E-state index in [4.69, 9.17) is 4.98 Å². The Balaban J connectivity index is 1.15. The second-order valence-electron chi connectivity index (χ2n) is 10.0. The van der Waals surface area contributed by atoms with Crippen molar-refractivity contribution >= 4 is 28.7 Å². The first-order chi connectivity index (χ1) is 18.0. The molecule has 1 aromatic carbocycles. The molecule has 0 saturated carbocycles. The highest BCUT2D eigenvalue weighted by atomic mass is 32.2. The summed E-state index contributed by atoms with van der Waals surface area (Å²) < 4.78 is 18.4. The van der Waals surface area contributed by atoms with Crippen LogP contribution in [0.15, 0.2) is 63.4 Å². The smallest absolute Gasteiger partial charge is 0.265 e. The van der Waals surface area contributed by atoms with Crippen LogP contribution in [0.4, 0.5) is 4.39 Å². The van der Waals surface area contributed by atoms with Crippen molar-refractivity contribution in [2.75, 3.05) is 18.8 Å². The van der Waals surface area contributed by atoms with Crippen LogP contribution >= 0.6 is 11.8 Å². The van der Waals surface area contributed by atoms with E-state index in [1.54, 1.807) is 28.8 Å². The molecule has 11 heteroatoms. The Labute approximate surface area is 214 Å². The van der Waals surface area contributed by atoms with Gasteiger partial charge in [-0.25, -0.2) is 14.1 Å². The predicted molar refractivity (Wildman–Crippen MR) is 136 cm³/mol. The van der Waals surface area contributed by atoms with Crippen LogP contribution in [-0.2, 0) is 11.3 Å². The largest absolute Gasteiger partial charge is 0.342 e. The molecule has 3 aliphatic rings. The van der Waals surface area contributed by atoms with Crippen molar-refractivity contribution in [3.8, 4) is 5.69 Å². The van der Waals surface area contributed by atoms with Gasteiger partial charge in [-0.05, 0) is 42.7 Å². The summed E-state index contributed by atoms with van der Waals surface area (Å²) in [5.41, 5.74) is 1.83. The molecule has 0 spiro atoms. The molecule has 1 amide bonds. The standard InChI is InChI=1S/C26H23FN6O3S/c27-17-4-6-18(7-5-17)33-24-20(10-28-33)25(36)32-19(14-37-26(32)29-24)9-23(35)30-11-15-8-16(13-30)21-2-1-3-22(34)31(21)12-15/h1-7,10,15-16,19H,8-9,11-14H2. The summed E-state index contributed by atoms with van der Waals surface area (Å²) in [5.74, 6) is 0.657. The third kappa shape index (κ3) is 3.63. The van der Waals surface area contributed by atoms with Gasteiger partial charge in [0.1, 0.15) is 11.2 Å². The lowest BCUT2D eigenvalue weighted by Crippen LogP contribution is -2.49. The van der Waals surface area contributed by atoms with Crippen LogP contribution in [0, 0.1) is 11.7 Å². The van der Waals surface area contributed by atoms with Crippen LogP contribution < -0.4 is 11.1 Å². The molecule has 2 bridgehead atoms. The van der Waals surface area contributed by atoms with Gasteiger partial charge in [-0.2, -0.15) is 5.10 Å². The van der Waals surface area contributed by atoms with Gasteiger partial charge in [0.05, 0.1) is 17.9 Å². The summed E-state index contributed by atoms with van der Waals surface area (Å²) in [4.78, 5) is 45.8. The Morgan fingerprint density at radius 3 is 2.76 bits per heavy atom. The summed E-state index contributed by atoms with van der Waals surface area (Å²) in [6.45, 7) is 1.85. The van der Waals surface area contributed by atoms with Gasteiger partial charge in [0.25, 0.3) is 11.1 Å². The van der Waals surface area contributed by atoms with Gasteiger partial charge in [-0.15, -0.1) is 0 Å². The number of carbonyl (C=O) groups is 1. The maximum absolute atomic E-state index is 13.5. The number of likely N-dealkylation sites (tertiary alicyclic amines) is 1. The van der Waals surface area contributed by atoms with E-state index in [2.05, 4.69) is 5.10 Å². The van der Waals surface area contributed by atoms with Crippen molar-refractivity contribution < 1.29 is 9.18 Å². The topological polar surface area (TPSA) is 95.0 Å². The van der Waals surface area contributed by atoms with Crippen LogP contribution in [-0.4, -0.2) is 53.5 Å². The molecular weight excluding hydrogens is 495 g/mol. The summed E-state index contributed by atoms with van der Waals surface area (Å²) in [6.07, 6.45) is 2.68. The van der Waals surface area contributed by atoms with Crippen LogP contribution in [0.3, 0.4) is 0 Å². The summed E-state index contributed by atoms with van der Waals surface area (Å²) >= 11 is 1.45. The molecule has 3 aromatic heterocycles. The monoisotopic (exact) mass is 518 g/mol. The van der Waals surface area contributed by atoms with Crippen LogP contribution in [0.25, 0.3) is 16.7 Å². The first-order valence-corrected chi connectivity index (χ1v) is 13.3. The molecule has 0 radical (unpaired) electrons. The number of hydrogen-bond donors (Lipinski definition) is 0. The van der Waals surface area contributed by atoms with Crippen molar-refractivity contribution in [1.82, 2.24) is 28.8 Å². The van der Waals surface area contributed by atoms with Gasteiger partial charge in [-0.1, -0.05) is 17.8 Å². The molecule has 0 aliphatic carbocycles. The molecule has 3 atom stereocenters. The number of thioether (sulfide) groups is 1. The minimum absolute atomic E-state index is 0.0208. The minimum atomic E-state index is -0.354. The Bertz CT molecular complexity index is 1680. The number of amides is 1. The second-order valence-corrected chi connectivity index (χ2v) is 11.0. The number of pyridine rings is 1. The molecule has 3 aliphatic heterocycles. The summed E-state index contributed by atoms with van der Waals surface area (Å²) in [6, 6.07) is 10.9. The molecule has 4 aromatic rings.